The Balaban J connectivity index is 2.19. The quantitative estimate of drug-likeness (QED) is 0.694. The molecular weight excluding hydrogens is 292 g/mol. The number of rotatable bonds is 1. The van der Waals surface area contributed by atoms with Gasteiger partial charge in [0.15, 0.2) is 0 Å². The molecule has 5 heteroatoms. The second kappa shape index (κ2) is 4.24. The molecule has 0 amide bonds. The van der Waals surface area contributed by atoms with Crippen LogP contribution in [0.1, 0.15) is 5.56 Å². The van der Waals surface area contributed by atoms with Crippen LogP contribution in [0.5, 0.6) is 0 Å². The zero-order valence-corrected chi connectivity index (χ0v) is 10.8. The van der Waals surface area contributed by atoms with Gasteiger partial charge in [0.25, 0.3) is 0 Å². The molecule has 0 aliphatic rings. The van der Waals surface area contributed by atoms with Crippen LogP contribution in [0.15, 0.2) is 47.3 Å². The first-order valence-corrected chi connectivity index (χ1v) is 6.06. The van der Waals surface area contributed by atoms with E-state index in [9.17, 15) is 0 Å². The van der Waals surface area contributed by atoms with Gasteiger partial charge >= 0.3 is 0 Å². The normalized spacial score (nSPS) is 10.4. The van der Waals surface area contributed by atoms with Gasteiger partial charge in [0.05, 0.1) is 21.6 Å². The molecule has 0 saturated heterocycles. The average molecular weight is 299 g/mol. The van der Waals surface area contributed by atoms with Gasteiger partial charge in [0.2, 0.25) is 5.95 Å². The summed E-state index contributed by atoms with van der Waals surface area (Å²) >= 11 is 3.31. The van der Waals surface area contributed by atoms with Gasteiger partial charge in [-0.1, -0.05) is 0 Å². The number of fused-ring (bicyclic) bond motifs is 1. The Labute approximate surface area is 112 Å². The van der Waals surface area contributed by atoms with Crippen LogP contribution in [-0.4, -0.2) is 14.5 Å². The van der Waals surface area contributed by atoms with Crippen LogP contribution in [-0.2, 0) is 0 Å². The van der Waals surface area contributed by atoms with Crippen LogP contribution in [0.25, 0.3) is 16.9 Å². The van der Waals surface area contributed by atoms with Crippen molar-refractivity contribution in [3.63, 3.8) is 0 Å². The number of aromatic nitrogens is 3. The van der Waals surface area contributed by atoms with Crippen molar-refractivity contribution < 1.29 is 0 Å². The molecule has 0 saturated carbocycles. The van der Waals surface area contributed by atoms with E-state index in [1.54, 1.807) is 18.5 Å². The molecule has 3 aromatic rings. The second-order valence-corrected chi connectivity index (χ2v) is 4.69. The molecule has 0 atom stereocenters. The highest BCUT2D eigenvalue weighted by Gasteiger charge is 2.05. The summed E-state index contributed by atoms with van der Waals surface area (Å²) in [4.78, 5) is 8.51. The minimum Gasteiger partial charge on any atom is -0.285 e. The van der Waals surface area contributed by atoms with Crippen LogP contribution in [0, 0.1) is 11.3 Å². The molecule has 4 nitrogen and oxygen atoms in total. The number of nitrogens with zero attached hydrogens (tertiary/aromatic N) is 4. The Morgan fingerprint density at radius 3 is 2.67 bits per heavy atom. The highest BCUT2D eigenvalue weighted by Crippen LogP contribution is 2.20. The molecular formula is C13H7BrN4. The fraction of sp³-hybridized carbons (Fsp3) is 0. The lowest BCUT2D eigenvalue weighted by Gasteiger charge is -2.02. The molecule has 2 aromatic heterocycles. The first-order valence-electron chi connectivity index (χ1n) is 5.27. The standard InChI is InChI=1S/C13H7BrN4/c14-11-7-16-13(17-8-11)18-4-3-10-5-9(6-15)1-2-12(10)18/h1-5,7-8H. The van der Waals surface area contributed by atoms with Crippen LogP contribution < -0.4 is 0 Å². The Morgan fingerprint density at radius 1 is 1.17 bits per heavy atom. The van der Waals surface area contributed by atoms with E-state index in [4.69, 9.17) is 5.26 Å². The van der Waals surface area contributed by atoms with Crippen molar-refractivity contribution in [2.45, 2.75) is 0 Å². The Hall–Kier alpha value is -2.19. The van der Waals surface area contributed by atoms with Crippen molar-refractivity contribution in [1.29, 1.82) is 5.26 Å². The summed E-state index contributed by atoms with van der Waals surface area (Å²) in [6.45, 7) is 0. The summed E-state index contributed by atoms with van der Waals surface area (Å²) < 4.78 is 2.73. The Bertz CT molecular complexity index is 753. The maximum atomic E-state index is 8.86. The molecule has 0 fully saturated rings. The van der Waals surface area contributed by atoms with Crippen molar-refractivity contribution in [2.75, 3.05) is 0 Å². The SMILES string of the molecule is N#Cc1ccc2c(ccn2-c2ncc(Br)cn2)c1. The third kappa shape index (κ3) is 1.77. The fourth-order valence-electron chi connectivity index (χ4n) is 1.82. The van der Waals surface area contributed by atoms with Gasteiger partial charge in [-0.3, -0.25) is 4.57 Å². The summed E-state index contributed by atoms with van der Waals surface area (Å²) in [5.74, 6) is 0.609. The molecule has 0 spiro atoms. The minimum absolute atomic E-state index is 0.609. The average Bonchev–Trinajstić information content (AvgIpc) is 2.82. The lowest BCUT2D eigenvalue weighted by molar-refractivity contribution is 0.957. The maximum Gasteiger partial charge on any atom is 0.234 e. The molecule has 2 heterocycles. The van der Waals surface area contributed by atoms with E-state index >= 15 is 0 Å². The van der Waals surface area contributed by atoms with Gasteiger partial charge in [-0.05, 0) is 40.2 Å². The highest BCUT2D eigenvalue weighted by molar-refractivity contribution is 9.10. The minimum atomic E-state index is 0.609. The predicted molar refractivity (Wildman–Crippen MR) is 71.3 cm³/mol. The first-order chi connectivity index (χ1) is 8.78. The van der Waals surface area contributed by atoms with Crippen LogP contribution in [0.4, 0.5) is 0 Å². The molecule has 0 aliphatic heterocycles. The predicted octanol–water partition coefficient (Wildman–Crippen LogP) is 3.05. The molecule has 0 radical (unpaired) electrons. The molecule has 3 rings (SSSR count). The molecule has 0 N–H and O–H groups in total. The number of hydrogen-bond donors (Lipinski definition) is 0. The number of hydrogen-bond acceptors (Lipinski definition) is 3. The van der Waals surface area contributed by atoms with Crippen molar-refractivity contribution in [3.05, 3.63) is 52.9 Å². The molecule has 18 heavy (non-hydrogen) atoms. The van der Waals surface area contributed by atoms with E-state index in [-0.39, 0.29) is 0 Å². The van der Waals surface area contributed by atoms with E-state index in [2.05, 4.69) is 32.0 Å². The van der Waals surface area contributed by atoms with Crippen molar-refractivity contribution in [3.8, 4) is 12.0 Å². The highest BCUT2D eigenvalue weighted by atomic mass is 79.9. The van der Waals surface area contributed by atoms with Gasteiger partial charge in [-0.2, -0.15) is 5.26 Å². The van der Waals surface area contributed by atoms with Gasteiger partial charge in [-0.25, -0.2) is 9.97 Å². The molecule has 0 bridgehead atoms. The Kier molecular flexibility index (Phi) is 2.58. The molecule has 0 aliphatic carbocycles. The van der Waals surface area contributed by atoms with E-state index in [1.807, 2.05) is 29.0 Å². The lowest BCUT2D eigenvalue weighted by atomic mass is 10.2. The largest absolute Gasteiger partial charge is 0.285 e. The molecule has 0 unspecified atom stereocenters. The third-order valence-electron chi connectivity index (χ3n) is 2.64. The van der Waals surface area contributed by atoms with Gasteiger partial charge in [0.1, 0.15) is 0 Å². The number of halogens is 1. The summed E-state index contributed by atoms with van der Waals surface area (Å²) in [5.41, 5.74) is 1.63. The summed E-state index contributed by atoms with van der Waals surface area (Å²) in [5, 5.41) is 9.87. The Morgan fingerprint density at radius 2 is 1.94 bits per heavy atom. The zero-order chi connectivity index (χ0) is 12.5. The summed E-state index contributed by atoms with van der Waals surface area (Å²) in [7, 11) is 0. The molecule has 1 aromatic carbocycles. The zero-order valence-electron chi connectivity index (χ0n) is 9.21. The smallest absolute Gasteiger partial charge is 0.234 e. The van der Waals surface area contributed by atoms with Gasteiger partial charge < -0.3 is 0 Å². The summed E-state index contributed by atoms with van der Waals surface area (Å²) in [6.07, 6.45) is 5.31. The third-order valence-corrected chi connectivity index (χ3v) is 3.05. The number of benzene rings is 1. The molecule has 86 valence electrons. The van der Waals surface area contributed by atoms with E-state index < -0.39 is 0 Å². The second-order valence-electron chi connectivity index (χ2n) is 3.77. The van der Waals surface area contributed by atoms with Crippen molar-refractivity contribution >= 4 is 26.8 Å². The van der Waals surface area contributed by atoms with Gasteiger partial charge in [-0.15, -0.1) is 0 Å². The van der Waals surface area contributed by atoms with E-state index in [0.717, 1.165) is 15.4 Å². The monoisotopic (exact) mass is 298 g/mol. The van der Waals surface area contributed by atoms with Crippen LogP contribution in [0.3, 0.4) is 0 Å². The lowest BCUT2D eigenvalue weighted by Crippen LogP contribution is -1.98. The fourth-order valence-corrected chi connectivity index (χ4v) is 2.02. The van der Waals surface area contributed by atoms with Crippen LogP contribution in [0.2, 0.25) is 0 Å². The first kappa shape index (κ1) is 10.9. The topological polar surface area (TPSA) is 54.5 Å². The number of nitriles is 1. The van der Waals surface area contributed by atoms with Crippen molar-refractivity contribution in [1.82, 2.24) is 14.5 Å². The van der Waals surface area contributed by atoms with E-state index in [0.29, 0.717) is 11.5 Å². The maximum absolute atomic E-state index is 8.86. The van der Waals surface area contributed by atoms with Crippen LogP contribution >= 0.6 is 15.9 Å². The van der Waals surface area contributed by atoms with E-state index in [1.165, 1.54) is 0 Å². The summed E-state index contributed by atoms with van der Waals surface area (Å²) in [6, 6.07) is 9.62. The van der Waals surface area contributed by atoms with Crippen molar-refractivity contribution in [2.24, 2.45) is 0 Å². The van der Waals surface area contributed by atoms with Gasteiger partial charge in [0, 0.05) is 24.0 Å².